The van der Waals surface area contributed by atoms with E-state index in [0.717, 1.165) is 0 Å². The summed E-state index contributed by atoms with van der Waals surface area (Å²) in [5.41, 5.74) is 1.07. The van der Waals surface area contributed by atoms with Crippen molar-refractivity contribution in [2.75, 3.05) is 0 Å². The number of carbonyl (C=O) groups excluding carboxylic acids is 1. The lowest BCUT2D eigenvalue weighted by Gasteiger charge is -2.19. The van der Waals surface area contributed by atoms with E-state index in [4.69, 9.17) is 0 Å². The van der Waals surface area contributed by atoms with Gasteiger partial charge >= 0.3 is 0 Å². The highest BCUT2D eigenvalue weighted by molar-refractivity contribution is 5.92. The van der Waals surface area contributed by atoms with Gasteiger partial charge < -0.3 is 14.9 Å². The average Bonchev–Trinajstić information content (AvgIpc) is 3.16. The van der Waals surface area contributed by atoms with Crippen LogP contribution >= 0.6 is 0 Å². The van der Waals surface area contributed by atoms with Gasteiger partial charge in [-0.2, -0.15) is 0 Å². The summed E-state index contributed by atoms with van der Waals surface area (Å²) in [6.45, 7) is 0. The highest BCUT2D eigenvalue weighted by Gasteiger charge is 2.22. The van der Waals surface area contributed by atoms with E-state index in [9.17, 15) is 9.18 Å². The van der Waals surface area contributed by atoms with Crippen LogP contribution in [0.25, 0.3) is 0 Å². The van der Waals surface area contributed by atoms with Gasteiger partial charge in [-0.3, -0.25) is 4.79 Å². The van der Waals surface area contributed by atoms with Crippen LogP contribution in [0.1, 0.15) is 27.9 Å². The number of aromatic amines is 1. The van der Waals surface area contributed by atoms with Crippen LogP contribution < -0.4 is 5.32 Å². The van der Waals surface area contributed by atoms with Crippen molar-refractivity contribution in [3.05, 3.63) is 77.9 Å². The minimum atomic E-state index is -0.536. The fraction of sp³-hybridized carbons (Fsp3) is 0.125. The third-order valence-electron chi connectivity index (χ3n) is 3.42. The molecule has 2 aromatic heterocycles. The van der Waals surface area contributed by atoms with E-state index in [1.807, 2.05) is 7.05 Å². The number of hydrogen-bond acceptors (Lipinski definition) is 2. The minimum Gasteiger partial charge on any atom is -0.357 e. The third-order valence-corrected chi connectivity index (χ3v) is 3.42. The Balaban J connectivity index is 1.97. The number of benzene rings is 1. The Labute approximate surface area is 126 Å². The van der Waals surface area contributed by atoms with Gasteiger partial charge in [0, 0.05) is 25.6 Å². The molecule has 0 radical (unpaired) electrons. The summed E-state index contributed by atoms with van der Waals surface area (Å²) in [5, 5.41) is 2.89. The first-order valence-electron chi connectivity index (χ1n) is 6.82. The fourth-order valence-corrected chi connectivity index (χ4v) is 2.32. The summed E-state index contributed by atoms with van der Waals surface area (Å²) >= 11 is 0. The van der Waals surface area contributed by atoms with Crippen LogP contribution in [-0.4, -0.2) is 20.4 Å². The standard InChI is InChI=1S/C16H15FN4O/c1-21-9-8-19-15(21)14(11-4-2-5-12(17)10-11)20-16(22)13-6-3-7-18-13/h2-10,14,18H,1H3,(H,20,22). The second kappa shape index (κ2) is 5.85. The minimum absolute atomic E-state index is 0.276. The first-order valence-corrected chi connectivity index (χ1v) is 6.82. The maximum Gasteiger partial charge on any atom is 0.268 e. The van der Waals surface area contributed by atoms with Gasteiger partial charge in [0.25, 0.3) is 5.91 Å². The summed E-state index contributed by atoms with van der Waals surface area (Å²) in [6.07, 6.45) is 5.09. The van der Waals surface area contributed by atoms with E-state index in [-0.39, 0.29) is 11.7 Å². The molecule has 0 aliphatic carbocycles. The number of aromatic nitrogens is 3. The zero-order valence-electron chi connectivity index (χ0n) is 12.0. The molecular weight excluding hydrogens is 283 g/mol. The van der Waals surface area contributed by atoms with Crippen LogP contribution in [0, 0.1) is 5.82 Å². The number of rotatable bonds is 4. The van der Waals surface area contributed by atoms with E-state index in [2.05, 4.69) is 15.3 Å². The molecule has 0 bridgehead atoms. The predicted octanol–water partition coefficient (Wildman–Crippen LogP) is 2.41. The number of hydrogen-bond donors (Lipinski definition) is 2. The zero-order valence-corrected chi connectivity index (χ0v) is 12.0. The molecule has 22 heavy (non-hydrogen) atoms. The van der Waals surface area contributed by atoms with Gasteiger partial charge in [0.05, 0.1) is 0 Å². The number of nitrogens with one attached hydrogen (secondary N) is 2. The fourth-order valence-electron chi connectivity index (χ4n) is 2.32. The van der Waals surface area contributed by atoms with Crippen LogP contribution in [0.15, 0.2) is 55.0 Å². The first-order chi connectivity index (χ1) is 10.6. The Morgan fingerprint density at radius 1 is 1.36 bits per heavy atom. The lowest BCUT2D eigenvalue weighted by atomic mass is 10.1. The molecule has 5 nitrogen and oxygen atoms in total. The monoisotopic (exact) mass is 298 g/mol. The molecule has 1 amide bonds. The topological polar surface area (TPSA) is 62.7 Å². The lowest BCUT2D eigenvalue weighted by molar-refractivity contribution is 0.0936. The van der Waals surface area contributed by atoms with Crippen molar-refractivity contribution in [3.63, 3.8) is 0 Å². The number of imidazole rings is 1. The molecule has 0 saturated heterocycles. The van der Waals surface area contributed by atoms with Gasteiger partial charge in [-0.1, -0.05) is 12.1 Å². The average molecular weight is 298 g/mol. The molecule has 2 N–H and O–H groups in total. The summed E-state index contributed by atoms with van der Waals surface area (Å²) in [6, 6.07) is 9.02. The van der Waals surface area contributed by atoms with Gasteiger partial charge in [-0.05, 0) is 29.8 Å². The first kappa shape index (κ1) is 14.1. The van der Waals surface area contributed by atoms with E-state index >= 15 is 0 Å². The number of carbonyl (C=O) groups is 1. The Morgan fingerprint density at radius 2 is 2.23 bits per heavy atom. The SMILES string of the molecule is Cn1ccnc1C(NC(=O)c1ccc[nH]1)c1cccc(F)c1. The maximum absolute atomic E-state index is 13.5. The van der Waals surface area contributed by atoms with Crippen molar-refractivity contribution in [2.45, 2.75) is 6.04 Å². The molecule has 0 spiro atoms. The molecule has 6 heteroatoms. The van der Waals surface area contributed by atoms with Gasteiger partial charge in [-0.15, -0.1) is 0 Å². The van der Waals surface area contributed by atoms with Crippen LogP contribution in [-0.2, 0) is 7.05 Å². The molecule has 1 aromatic carbocycles. The van der Waals surface area contributed by atoms with Gasteiger partial charge in [0.15, 0.2) is 0 Å². The third kappa shape index (κ3) is 2.76. The normalized spacial score (nSPS) is 12.1. The van der Waals surface area contributed by atoms with Crippen LogP contribution in [0.5, 0.6) is 0 Å². The summed E-state index contributed by atoms with van der Waals surface area (Å²) in [5.74, 6) is -0.00130. The Kier molecular flexibility index (Phi) is 3.74. The van der Waals surface area contributed by atoms with Crippen LogP contribution in [0.3, 0.4) is 0 Å². The van der Waals surface area contributed by atoms with Crippen molar-refractivity contribution in [1.29, 1.82) is 0 Å². The van der Waals surface area contributed by atoms with Gasteiger partial charge in [0.2, 0.25) is 0 Å². The number of nitrogens with zero attached hydrogens (tertiary/aromatic N) is 2. The second-order valence-electron chi connectivity index (χ2n) is 4.94. The van der Waals surface area contributed by atoms with Crippen LogP contribution in [0.4, 0.5) is 4.39 Å². The molecule has 0 aliphatic heterocycles. The number of halogens is 1. The van der Waals surface area contributed by atoms with Crippen LogP contribution in [0.2, 0.25) is 0 Å². The maximum atomic E-state index is 13.5. The zero-order chi connectivity index (χ0) is 15.5. The summed E-state index contributed by atoms with van der Waals surface area (Å²) in [4.78, 5) is 19.4. The van der Waals surface area contributed by atoms with E-state index in [1.165, 1.54) is 12.1 Å². The van der Waals surface area contributed by atoms with E-state index < -0.39 is 6.04 Å². The van der Waals surface area contributed by atoms with Crippen molar-refractivity contribution < 1.29 is 9.18 Å². The Bertz CT molecular complexity index is 779. The Hall–Kier alpha value is -2.89. The molecular formula is C16H15FN4O. The quantitative estimate of drug-likeness (QED) is 0.777. The summed E-state index contributed by atoms with van der Waals surface area (Å²) < 4.78 is 15.3. The highest BCUT2D eigenvalue weighted by Crippen LogP contribution is 2.21. The van der Waals surface area contributed by atoms with Crippen molar-refractivity contribution in [1.82, 2.24) is 19.9 Å². The smallest absolute Gasteiger partial charge is 0.268 e. The number of H-pyrrole nitrogens is 1. The molecule has 112 valence electrons. The molecule has 1 atom stereocenters. The summed E-state index contributed by atoms with van der Waals surface area (Å²) in [7, 11) is 1.83. The van der Waals surface area contributed by atoms with Gasteiger partial charge in [0.1, 0.15) is 23.4 Å². The van der Waals surface area contributed by atoms with E-state index in [1.54, 1.807) is 47.4 Å². The molecule has 3 rings (SSSR count). The van der Waals surface area contributed by atoms with E-state index in [0.29, 0.717) is 17.1 Å². The van der Waals surface area contributed by atoms with Crippen molar-refractivity contribution in [2.24, 2.45) is 7.05 Å². The largest absolute Gasteiger partial charge is 0.357 e. The number of amides is 1. The molecule has 0 aliphatic rings. The molecule has 2 heterocycles. The van der Waals surface area contributed by atoms with Gasteiger partial charge in [-0.25, -0.2) is 9.37 Å². The molecule has 0 fully saturated rings. The Morgan fingerprint density at radius 3 is 2.86 bits per heavy atom. The molecule has 3 aromatic rings. The number of aryl methyl sites for hydroxylation is 1. The highest BCUT2D eigenvalue weighted by atomic mass is 19.1. The predicted molar refractivity (Wildman–Crippen MR) is 79.7 cm³/mol. The lowest BCUT2D eigenvalue weighted by Crippen LogP contribution is -2.31. The molecule has 0 saturated carbocycles. The molecule has 1 unspecified atom stereocenters. The van der Waals surface area contributed by atoms with Crippen molar-refractivity contribution in [3.8, 4) is 0 Å². The van der Waals surface area contributed by atoms with Crippen molar-refractivity contribution >= 4 is 5.91 Å². The second-order valence-corrected chi connectivity index (χ2v) is 4.94.